The molecule has 6 nitrogen and oxygen atoms in total. The normalized spacial score (nSPS) is 29.7. The lowest BCUT2D eigenvalue weighted by Gasteiger charge is -2.30. The van der Waals surface area contributed by atoms with E-state index < -0.39 is 17.4 Å². The maximum atomic E-state index is 13.8. The zero-order valence-electron chi connectivity index (χ0n) is 16.9. The smallest absolute Gasteiger partial charge is 0.250 e. The van der Waals surface area contributed by atoms with Gasteiger partial charge in [-0.05, 0) is 52.5 Å². The number of aryl methyl sites for hydroxylation is 1. The minimum atomic E-state index is -1.24. The second-order valence-corrected chi connectivity index (χ2v) is 9.55. The fraction of sp³-hybridized carbons (Fsp3) is 0.348. The third-order valence-corrected chi connectivity index (χ3v) is 7.25. The van der Waals surface area contributed by atoms with Crippen LogP contribution >= 0.6 is 15.9 Å². The van der Waals surface area contributed by atoms with Gasteiger partial charge in [-0.25, -0.2) is 4.90 Å². The van der Waals surface area contributed by atoms with Gasteiger partial charge in [0, 0.05) is 21.8 Å². The molecule has 3 heterocycles. The van der Waals surface area contributed by atoms with Crippen molar-refractivity contribution in [2.24, 2.45) is 17.8 Å². The molecule has 3 amide bonds. The largest absolute Gasteiger partial charge is 0.324 e. The van der Waals surface area contributed by atoms with Crippen molar-refractivity contribution in [2.45, 2.75) is 32.4 Å². The first-order valence-electron chi connectivity index (χ1n) is 10.1. The molecule has 2 fully saturated rings. The first kappa shape index (κ1) is 19.5. The average Bonchev–Trinajstić information content (AvgIpc) is 3.28. The standard InChI is InChI=1S/C23H22BrN3O3/c1-11(2)19-17-18(23(26-19)13-6-4-5-7-15(13)25-22(23)30)21(29)27(20(17)28)16-9-8-12(3)10-14(16)24/h4-11,17-19,26H,1-3H3,(H,25,30)/t17-,18+,19-,23-/m0/s1. The number of halogens is 1. The molecule has 0 aromatic heterocycles. The predicted molar refractivity (Wildman–Crippen MR) is 117 cm³/mol. The Hall–Kier alpha value is -2.51. The van der Waals surface area contributed by atoms with Gasteiger partial charge < -0.3 is 5.32 Å². The number of fused-ring (bicyclic) bond motifs is 4. The SMILES string of the molecule is Cc1ccc(N2C(=O)[C@@H]3[C@H](C(C)C)N[C@]4(C(=O)Nc5ccccc54)[C@H]3C2=O)c(Br)c1. The Balaban J connectivity index is 1.70. The molecule has 154 valence electrons. The van der Waals surface area contributed by atoms with E-state index in [0.717, 1.165) is 11.1 Å². The average molecular weight is 468 g/mol. The van der Waals surface area contributed by atoms with E-state index in [4.69, 9.17) is 0 Å². The van der Waals surface area contributed by atoms with E-state index in [0.29, 0.717) is 15.8 Å². The van der Waals surface area contributed by atoms with Crippen LogP contribution in [0.5, 0.6) is 0 Å². The molecule has 3 aliphatic heterocycles. The van der Waals surface area contributed by atoms with Gasteiger partial charge in [-0.15, -0.1) is 0 Å². The molecule has 3 aliphatic rings. The number of anilines is 2. The molecular weight excluding hydrogens is 446 g/mol. The Morgan fingerprint density at radius 2 is 1.80 bits per heavy atom. The van der Waals surface area contributed by atoms with Gasteiger partial charge in [-0.3, -0.25) is 19.7 Å². The van der Waals surface area contributed by atoms with E-state index in [2.05, 4.69) is 26.6 Å². The topological polar surface area (TPSA) is 78.5 Å². The number of carbonyl (C=O) groups is 3. The fourth-order valence-electron chi connectivity index (χ4n) is 5.29. The van der Waals surface area contributed by atoms with Crippen molar-refractivity contribution < 1.29 is 14.4 Å². The molecule has 2 saturated heterocycles. The number of hydrogen-bond acceptors (Lipinski definition) is 4. The molecule has 0 aliphatic carbocycles. The molecule has 2 aromatic rings. The van der Waals surface area contributed by atoms with Crippen LogP contribution in [0.3, 0.4) is 0 Å². The van der Waals surface area contributed by atoms with Crippen LogP contribution < -0.4 is 15.5 Å². The lowest BCUT2D eigenvalue weighted by molar-refractivity contribution is -0.130. The van der Waals surface area contributed by atoms with Crippen molar-refractivity contribution in [3.63, 3.8) is 0 Å². The predicted octanol–water partition coefficient (Wildman–Crippen LogP) is 3.34. The molecule has 1 spiro atoms. The molecule has 5 rings (SSSR count). The van der Waals surface area contributed by atoms with Gasteiger partial charge in [-0.1, -0.05) is 38.1 Å². The van der Waals surface area contributed by atoms with Gasteiger partial charge in [0.05, 0.1) is 17.5 Å². The maximum Gasteiger partial charge on any atom is 0.250 e. The minimum Gasteiger partial charge on any atom is -0.324 e. The summed E-state index contributed by atoms with van der Waals surface area (Å²) in [6, 6.07) is 12.6. The van der Waals surface area contributed by atoms with Crippen LogP contribution in [0.4, 0.5) is 11.4 Å². The summed E-state index contributed by atoms with van der Waals surface area (Å²) in [5.74, 6) is -2.20. The van der Waals surface area contributed by atoms with E-state index in [9.17, 15) is 14.4 Å². The molecule has 7 heteroatoms. The second kappa shape index (κ2) is 6.49. The third-order valence-electron chi connectivity index (χ3n) is 6.62. The van der Waals surface area contributed by atoms with Crippen LogP contribution in [-0.2, 0) is 19.9 Å². The van der Waals surface area contributed by atoms with Crippen molar-refractivity contribution in [3.8, 4) is 0 Å². The van der Waals surface area contributed by atoms with Crippen molar-refractivity contribution in [1.82, 2.24) is 5.32 Å². The van der Waals surface area contributed by atoms with E-state index in [1.54, 1.807) is 6.07 Å². The lowest BCUT2D eigenvalue weighted by atomic mass is 9.76. The molecule has 0 unspecified atom stereocenters. The number of amides is 3. The number of nitrogens with one attached hydrogen (secondary N) is 2. The maximum absolute atomic E-state index is 13.8. The monoisotopic (exact) mass is 467 g/mol. The van der Waals surface area contributed by atoms with Gasteiger partial charge in [0.1, 0.15) is 5.54 Å². The van der Waals surface area contributed by atoms with Crippen molar-refractivity contribution in [1.29, 1.82) is 0 Å². The van der Waals surface area contributed by atoms with Gasteiger partial charge in [-0.2, -0.15) is 0 Å². The highest BCUT2D eigenvalue weighted by atomic mass is 79.9. The van der Waals surface area contributed by atoms with E-state index >= 15 is 0 Å². The van der Waals surface area contributed by atoms with Gasteiger partial charge in [0.25, 0.3) is 0 Å². The number of benzene rings is 2. The van der Waals surface area contributed by atoms with Crippen LogP contribution in [0.25, 0.3) is 0 Å². The summed E-state index contributed by atoms with van der Waals surface area (Å²) in [6.07, 6.45) is 0. The molecule has 0 saturated carbocycles. The first-order chi connectivity index (χ1) is 14.3. The Morgan fingerprint density at radius 1 is 1.07 bits per heavy atom. The fourth-order valence-corrected chi connectivity index (χ4v) is 5.96. The summed E-state index contributed by atoms with van der Waals surface area (Å²) in [5, 5.41) is 6.36. The molecule has 0 bridgehead atoms. The lowest BCUT2D eigenvalue weighted by Crippen LogP contribution is -2.54. The second-order valence-electron chi connectivity index (χ2n) is 8.69. The number of nitrogens with zero attached hydrogens (tertiary/aromatic N) is 1. The van der Waals surface area contributed by atoms with E-state index in [-0.39, 0.29) is 29.7 Å². The van der Waals surface area contributed by atoms with E-state index in [1.807, 2.05) is 57.2 Å². The number of rotatable bonds is 2. The summed E-state index contributed by atoms with van der Waals surface area (Å²) in [7, 11) is 0. The van der Waals surface area contributed by atoms with Crippen LogP contribution in [0, 0.1) is 24.7 Å². The highest BCUT2D eigenvalue weighted by molar-refractivity contribution is 9.10. The highest BCUT2D eigenvalue weighted by Gasteiger charge is 2.71. The molecular formula is C23H22BrN3O3. The highest BCUT2D eigenvalue weighted by Crippen LogP contribution is 2.54. The molecule has 30 heavy (non-hydrogen) atoms. The Labute approximate surface area is 183 Å². The summed E-state index contributed by atoms with van der Waals surface area (Å²) < 4.78 is 0.684. The molecule has 2 N–H and O–H groups in total. The Morgan fingerprint density at radius 3 is 2.50 bits per heavy atom. The van der Waals surface area contributed by atoms with Crippen molar-refractivity contribution in [3.05, 3.63) is 58.1 Å². The number of hydrogen-bond donors (Lipinski definition) is 2. The molecule has 4 atom stereocenters. The number of para-hydroxylation sites is 1. The summed E-state index contributed by atoms with van der Waals surface area (Å²) >= 11 is 3.51. The zero-order chi connectivity index (χ0) is 21.4. The number of imide groups is 1. The van der Waals surface area contributed by atoms with E-state index in [1.165, 1.54) is 4.90 Å². The Bertz CT molecular complexity index is 1110. The molecule has 0 radical (unpaired) electrons. The van der Waals surface area contributed by atoms with Crippen molar-refractivity contribution >= 4 is 45.0 Å². The summed E-state index contributed by atoms with van der Waals surface area (Å²) in [5.41, 5.74) is 1.73. The third kappa shape index (κ3) is 2.36. The minimum absolute atomic E-state index is 0.0654. The Kier molecular flexibility index (Phi) is 4.21. The first-order valence-corrected chi connectivity index (χ1v) is 10.9. The van der Waals surface area contributed by atoms with Crippen molar-refractivity contribution in [2.75, 3.05) is 10.2 Å². The van der Waals surface area contributed by atoms with Gasteiger partial charge >= 0.3 is 0 Å². The molecule has 2 aromatic carbocycles. The summed E-state index contributed by atoms with van der Waals surface area (Å²) in [4.78, 5) is 42.0. The quantitative estimate of drug-likeness (QED) is 0.663. The van der Waals surface area contributed by atoms with Crippen LogP contribution in [-0.4, -0.2) is 23.8 Å². The number of carbonyl (C=O) groups excluding carboxylic acids is 3. The van der Waals surface area contributed by atoms with Gasteiger partial charge in [0.2, 0.25) is 17.7 Å². The summed E-state index contributed by atoms with van der Waals surface area (Å²) in [6.45, 7) is 5.97. The van der Waals surface area contributed by atoms with Gasteiger partial charge in [0.15, 0.2) is 0 Å². The zero-order valence-corrected chi connectivity index (χ0v) is 18.5. The van der Waals surface area contributed by atoms with Crippen LogP contribution in [0.15, 0.2) is 46.9 Å². The van der Waals surface area contributed by atoms with Crippen LogP contribution in [0.2, 0.25) is 0 Å². The van der Waals surface area contributed by atoms with Crippen LogP contribution in [0.1, 0.15) is 25.0 Å².